The van der Waals surface area contributed by atoms with Crippen LogP contribution in [0.1, 0.15) is 18.5 Å². The number of hydrogen-bond acceptors (Lipinski definition) is 3. The van der Waals surface area contributed by atoms with Crippen LogP contribution in [0.2, 0.25) is 0 Å². The molecule has 0 saturated heterocycles. The topological polar surface area (TPSA) is 82.5 Å². The average Bonchev–Trinajstić information content (AvgIpc) is 2.38. The molecule has 0 bridgehead atoms. The summed E-state index contributed by atoms with van der Waals surface area (Å²) in [6.07, 6.45) is 8.37. The van der Waals surface area contributed by atoms with Gasteiger partial charge < -0.3 is 15.3 Å². The number of terminal acetylenes is 1. The molecule has 1 heterocycles. The molecule has 0 saturated carbocycles. The summed E-state index contributed by atoms with van der Waals surface area (Å²) in [5.41, 5.74) is 0.826. The zero-order valence-corrected chi connectivity index (χ0v) is 10.5. The smallest absolute Gasteiger partial charge is 0.323 e. The molecule has 19 heavy (non-hydrogen) atoms. The summed E-state index contributed by atoms with van der Waals surface area (Å²) in [5, 5.41) is 11.4. The fraction of sp³-hybridized carbons (Fsp3) is 0.308. The minimum absolute atomic E-state index is 0.0576. The van der Waals surface area contributed by atoms with E-state index < -0.39 is 18.5 Å². The Labute approximate surface area is 111 Å². The lowest BCUT2D eigenvalue weighted by atomic mass is 10.1. The van der Waals surface area contributed by atoms with E-state index in [0.29, 0.717) is 0 Å². The Morgan fingerprint density at radius 1 is 1.63 bits per heavy atom. The number of aliphatic carboxylic acids is 1. The summed E-state index contributed by atoms with van der Waals surface area (Å²) in [6, 6.07) is 2.78. The SMILES string of the molecule is C#CCN(CC(=O)O)C(=O)NC(C)c1cccnc1. The van der Waals surface area contributed by atoms with Crippen LogP contribution >= 0.6 is 0 Å². The van der Waals surface area contributed by atoms with Crippen LogP contribution in [0, 0.1) is 12.3 Å². The molecule has 0 aliphatic carbocycles. The predicted octanol–water partition coefficient (Wildman–Crippen LogP) is 0.872. The summed E-state index contributed by atoms with van der Waals surface area (Å²) < 4.78 is 0. The van der Waals surface area contributed by atoms with Crippen molar-refractivity contribution in [2.45, 2.75) is 13.0 Å². The maximum atomic E-state index is 11.9. The van der Waals surface area contributed by atoms with E-state index in [1.54, 1.807) is 25.4 Å². The van der Waals surface area contributed by atoms with Gasteiger partial charge in [-0.25, -0.2) is 4.79 Å². The molecule has 1 unspecified atom stereocenters. The van der Waals surface area contributed by atoms with Gasteiger partial charge in [-0.05, 0) is 18.6 Å². The first-order valence-electron chi connectivity index (χ1n) is 5.65. The third kappa shape index (κ3) is 4.68. The molecule has 0 aromatic carbocycles. The van der Waals surface area contributed by atoms with Crippen molar-refractivity contribution in [3.8, 4) is 12.3 Å². The van der Waals surface area contributed by atoms with Gasteiger partial charge in [0.1, 0.15) is 6.54 Å². The maximum absolute atomic E-state index is 11.9. The van der Waals surface area contributed by atoms with E-state index in [9.17, 15) is 9.59 Å². The third-order valence-corrected chi connectivity index (χ3v) is 2.42. The second-order valence-corrected chi connectivity index (χ2v) is 3.91. The Balaban J connectivity index is 2.66. The van der Waals surface area contributed by atoms with Crippen molar-refractivity contribution in [1.29, 1.82) is 0 Å². The van der Waals surface area contributed by atoms with Gasteiger partial charge in [-0.1, -0.05) is 12.0 Å². The first-order valence-corrected chi connectivity index (χ1v) is 5.65. The summed E-state index contributed by atoms with van der Waals surface area (Å²) in [5.74, 6) is 1.14. The van der Waals surface area contributed by atoms with Crippen molar-refractivity contribution < 1.29 is 14.7 Å². The van der Waals surface area contributed by atoms with Gasteiger partial charge in [-0.3, -0.25) is 9.78 Å². The summed E-state index contributed by atoms with van der Waals surface area (Å²) >= 11 is 0. The molecule has 1 rings (SSSR count). The Hall–Kier alpha value is -2.55. The zero-order valence-electron chi connectivity index (χ0n) is 10.5. The van der Waals surface area contributed by atoms with Crippen LogP contribution in [0.3, 0.4) is 0 Å². The van der Waals surface area contributed by atoms with Crippen molar-refractivity contribution in [2.75, 3.05) is 13.1 Å². The number of carbonyl (C=O) groups is 2. The van der Waals surface area contributed by atoms with E-state index >= 15 is 0 Å². The van der Waals surface area contributed by atoms with E-state index in [-0.39, 0.29) is 12.6 Å². The summed E-state index contributed by atoms with van der Waals surface area (Å²) in [7, 11) is 0. The average molecular weight is 261 g/mol. The molecule has 2 amide bonds. The Bertz CT molecular complexity index is 482. The minimum Gasteiger partial charge on any atom is -0.480 e. The van der Waals surface area contributed by atoms with Crippen molar-refractivity contribution in [3.05, 3.63) is 30.1 Å². The molecule has 6 nitrogen and oxygen atoms in total. The summed E-state index contributed by atoms with van der Waals surface area (Å²) in [4.78, 5) is 27.5. The number of carboxylic acids is 1. The number of rotatable bonds is 5. The highest BCUT2D eigenvalue weighted by molar-refractivity contribution is 5.80. The second kappa shape index (κ2) is 7.01. The van der Waals surface area contributed by atoms with Crippen LogP contribution < -0.4 is 5.32 Å². The van der Waals surface area contributed by atoms with Crippen LogP contribution in [0.5, 0.6) is 0 Å². The van der Waals surface area contributed by atoms with Crippen molar-refractivity contribution in [3.63, 3.8) is 0 Å². The number of hydrogen-bond donors (Lipinski definition) is 2. The first-order chi connectivity index (χ1) is 9.04. The molecular weight excluding hydrogens is 246 g/mol. The normalized spacial score (nSPS) is 11.2. The molecule has 1 aromatic heterocycles. The van der Waals surface area contributed by atoms with Gasteiger partial charge in [0.15, 0.2) is 0 Å². The molecule has 0 aliphatic rings. The molecular formula is C13H15N3O3. The molecule has 1 aromatic rings. The lowest BCUT2D eigenvalue weighted by Crippen LogP contribution is -2.43. The Morgan fingerprint density at radius 3 is 2.89 bits per heavy atom. The van der Waals surface area contributed by atoms with E-state index in [2.05, 4.69) is 16.2 Å². The number of nitrogens with zero attached hydrogens (tertiary/aromatic N) is 2. The van der Waals surface area contributed by atoms with Crippen LogP contribution in [0.15, 0.2) is 24.5 Å². The molecule has 100 valence electrons. The molecule has 1 atom stereocenters. The number of carboxylic acid groups (broad SMARTS) is 1. The van der Waals surface area contributed by atoms with E-state index in [0.717, 1.165) is 10.5 Å². The quantitative estimate of drug-likeness (QED) is 0.770. The Morgan fingerprint density at radius 2 is 2.37 bits per heavy atom. The number of nitrogens with one attached hydrogen (secondary N) is 1. The van der Waals surface area contributed by atoms with Crippen molar-refractivity contribution >= 4 is 12.0 Å². The first kappa shape index (κ1) is 14.5. The standard InChI is InChI=1S/C13H15N3O3/c1-3-7-16(9-12(17)18)13(19)15-10(2)11-5-4-6-14-8-11/h1,4-6,8,10H,7,9H2,2H3,(H,15,19)(H,17,18). The highest BCUT2D eigenvalue weighted by Gasteiger charge is 2.18. The number of amides is 2. The van der Waals surface area contributed by atoms with Crippen LogP contribution in [-0.4, -0.2) is 40.1 Å². The highest BCUT2D eigenvalue weighted by Crippen LogP contribution is 2.10. The molecule has 0 radical (unpaired) electrons. The van der Waals surface area contributed by atoms with Gasteiger partial charge in [-0.2, -0.15) is 0 Å². The van der Waals surface area contributed by atoms with E-state index in [1.807, 2.05) is 6.07 Å². The highest BCUT2D eigenvalue weighted by atomic mass is 16.4. The lowest BCUT2D eigenvalue weighted by molar-refractivity contribution is -0.137. The van der Waals surface area contributed by atoms with Crippen LogP contribution in [0.25, 0.3) is 0 Å². The largest absolute Gasteiger partial charge is 0.480 e. The van der Waals surface area contributed by atoms with Gasteiger partial charge in [0.05, 0.1) is 12.6 Å². The van der Waals surface area contributed by atoms with E-state index in [4.69, 9.17) is 11.5 Å². The number of pyridine rings is 1. The number of urea groups is 1. The minimum atomic E-state index is -1.11. The molecule has 2 N–H and O–H groups in total. The predicted molar refractivity (Wildman–Crippen MR) is 69.2 cm³/mol. The van der Waals surface area contributed by atoms with Crippen LogP contribution in [0.4, 0.5) is 4.79 Å². The molecule has 0 aliphatic heterocycles. The monoisotopic (exact) mass is 261 g/mol. The van der Waals surface area contributed by atoms with Crippen LogP contribution in [-0.2, 0) is 4.79 Å². The molecule has 0 fully saturated rings. The fourth-order valence-corrected chi connectivity index (χ4v) is 1.46. The van der Waals surface area contributed by atoms with Crippen molar-refractivity contribution in [2.24, 2.45) is 0 Å². The van der Waals surface area contributed by atoms with Gasteiger partial charge in [0.2, 0.25) is 0 Å². The van der Waals surface area contributed by atoms with E-state index in [1.165, 1.54) is 0 Å². The molecule has 6 heteroatoms. The van der Waals surface area contributed by atoms with Crippen molar-refractivity contribution in [1.82, 2.24) is 15.2 Å². The maximum Gasteiger partial charge on any atom is 0.323 e. The van der Waals surface area contributed by atoms with Gasteiger partial charge in [0.25, 0.3) is 0 Å². The lowest BCUT2D eigenvalue weighted by Gasteiger charge is -2.22. The van der Waals surface area contributed by atoms with Gasteiger partial charge in [-0.15, -0.1) is 6.42 Å². The van der Waals surface area contributed by atoms with Gasteiger partial charge >= 0.3 is 12.0 Å². The zero-order chi connectivity index (χ0) is 14.3. The number of carbonyl (C=O) groups excluding carboxylic acids is 1. The van der Waals surface area contributed by atoms with Gasteiger partial charge in [0, 0.05) is 12.4 Å². The second-order valence-electron chi connectivity index (χ2n) is 3.91. The Kier molecular flexibility index (Phi) is 5.35. The number of aromatic nitrogens is 1. The summed E-state index contributed by atoms with van der Waals surface area (Å²) in [6.45, 7) is 1.29. The fourth-order valence-electron chi connectivity index (χ4n) is 1.46. The third-order valence-electron chi connectivity index (χ3n) is 2.42. The molecule has 0 spiro atoms.